The number of fused-ring (bicyclic) bond motifs is 4. The van der Waals surface area contributed by atoms with E-state index in [1.807, 2.05) is 73.7 Å². The molecule has 0 aliphatic carbocycles. The number of nitrogens with zero attached hydrogens (tertiary/aromatic N) is 2. The van der Waals surface area contributed by atoms with Gasteiger partial charge in [0.15, 0.2) is 0 Å². The number of thiophene rings is 1. The first-order chi connectivity index (χ1) is 27.0. The van der Waals surface area contributed by atoms with Gasteiger partial charge in [0.25, 0.3) is 0 Å². The molecule has 4 aromatic heterocycles. The number of aromatic hydroxyl groups is 1. The van der Waals surface area contributed by atoms with E-state index in [4.69, 9.17) is 14.4 Å². The van der Waals surface area contributed by atoms with Crippen LogP contribution in [0.1, 0.15) is 11.3 Å². The SMILES string of the molecule is Cc1cc(-c2sc3ccccc3c2-c2ccc3c(c2)oc2ccccc23)cc(-c2[c-]c(-c3cc(-c4ccccc4)cc(-c4cccc(C)c4O)n3)ccc2)n1.[Pt]. The van der Waals surface area contributed by atoms with Crippen molar-refractivity contribution in [1.82, 2.24) is 9.97 Å². The number of aromatic nitrogens is 2. The maximum Gasteiger partial charge on any atom is 0.136 e. The molecular weight excluding hydrogens is 888 g/mol. The van der Waals surface area contributed by atoms with E-state index < -0.39 is 0 Å². The molecule has 6 aromatic carbocycles. The van der Waals surface area contributed by atoms with Crippen molar-refractivity contribution in [2.75, 3.05) is 0 Å². The van der Waals surface area contributed by atoms with Gasteiger partial charge < -0.3 is 9.52 Å². The minimum atomic E-state index is 0. The molecule has 0 atom stereocenters. The zero-order chi connectivity index (χ0) is 37.0. The predicted molar refractivity (Wildman–Crippen MR) is 227 cm³/mol. The average molecular weight is 921 g/mol. The largest absolute Gasteiger partial charge is 0.507 e. The summed E-state index contributed by atoms with van der Waals surface area (Å²) in [5.41, 5.74) is 13.7. The first-order valence-electron chi connectivity index (χ1n) is 18.3. The van der Waals surface area contributed by atoms with Crippen LogP contribution in [-0.4, -0.2) is 15.1 Å². The van der Waals surface area contributed by atoms with Gasteiger partial charge in [0.1, 0.15) is 16.9 Å². The minimum absolute atomic E-state index is 0. The van der Waals surface area contributed by atoms with Crippen LogP contribution in [0.2, 0.25) is 0 Å². The molecule has 4 nitrogen and oxygen atoms in total. The number of aryl methyl sites for hydroxylation is 2. The Balaban J connectivity index is 0.00000410. The molecule has 0 saturated heterocycles. The monoisotopic (exact) mass is 920 g/mol. The van der Waals surface area contributed by atoms with Crippen LogP contribution in [0.3, 0.4) is 0 Å². The summed E-state index contributed by atoms with van der Waals surface area (Å²) in [5, 5.41) is 14.5. The molecule has 6 heteroatoms. The van der Waals surface area contributed by atoms with Crippen LogP contribution in [0, 0.1) is 19.9 Å². The van der Waals surface area contributed by atoms with Crippen molar-refractivity contribution in [1.29, 1.82) is 0 Å². The molecular formula is C50H33N2O2PtS-. The molecule has 10 aromatic rings. The Hall–Kier alpha value is -6.13. The molecule has 4 heterocycles. The Morgan fingerprint density at radius 2 is 1.21 bits per heavy atom. The van der Waals surface area contributed by atoms with Crippen molar-refractivity contribution >= 4 is 43.4 Å². The van der Waals surface area contributed by atoms with Crippen molar-refractivity contribution < 1.29 is 30.6 Å². The van der Waals surface area contributed by atoms with Gasteiger partial charge in [-0.1, -0.05) is 108 Å². The smallest absolute Gasteiger partial charge is 0.136 e. The number of phenols is 1. The van der Waals surface area contributed by atoms with Gasteiger partial charge >= 0.3 is 0 Å². The molecule has 56 heavy (non-hydrogen) atoms. The summed E-state index contributed by atoms with van der Waals surface area (Å²) >= 11 is 1.80. The summed E-state index contributed by atoms with van der Waals surface area (Å²) in [5.74, 6) is 0.235. The van der Waals surface area contributed by atoms with Gasteiger partial charge in [0.05, 0.1) is 5.69 Å². The normalized spacial score (nSPS) is 11.3. The Kier molecular flexibility index (Phi) is 9.21. The van der Waals surface area contributed by atoms with E-state index in [-0.39, 0.29) is 26.8 Å². The molecule has 0 amide bonds. The van der Waals surface area contributed by atoms with Gasteiger partial charge in [-0.3, -0.25) is 9.97 Å². The van der Waals surface area contributed by atoms with Crippen LogP contribution in [0.4, 0.5) is 0 Å². The summed E-state index contributed by atoms with van der Waals surface area (Å²) < 4.78 is 7.56. The standard InChI is InChI=1S/C50H33N2O2S.Pt/c1-30-12-10-19-40(49(30)53)44-27-36(32-13-4-3-5-14-32)26-43(52-44)34-16-11-15-33(25-34)42-28-37(24-31(2)51-42)50-48(41-18-7-9-21-47(41)55-50)35-22-23-39-38-17-6-8-20-45(38)54-46(39)29-35;/h3-24,26-29,53H,1-2H3;/q-1;. The Labute approximate surface area is 343 Å². The second-order valence-electron chi connectivity index (χ2n) is 13.9. The summed E-state index contributed by atoms with van der Waals surface area (Å²) in [7, 11) is 0. The zero-order valence-corrected chi connectivity index (χ0v) is 33.6. The molecule has 10 rings (SSSR count). The van der Waals surface area contributed by atoms with Gasteiger partial charge in [-0.25, -0.2) is 0 Å². The molecule has 0 aliphatic heterocycles. The summed E-state index contributed by atoms with van der Waals surface area (Å²) in [6.07, 6.45) is 0. The number of para-hydroxylation sites is 2. The van der Waals surface area contributed by atoms with Gasteiger partial charge in [0.2, 0.25) is 0 Å². The third kappa shape index (κ3) is 6.33. The molecule has 0 unspecified atom stereocenters. The Morgan fingerprint density at radius 1 is 0.536 bits per heavy atom. The fraction of sp³-hybridized carbons (Fsp3) is 0.0400. The minimum Gasteiger partial charge on any atom is -0.507 e. The van der Waals surface area contributed by atoms with E-state index in [2.05, 4.69) is 104 Å². The van der Waals surface area contributed by atoms with Gasteiger partial charge in [-0.15, -0.1) is 35.6 Å². The number of furan rings is 1. The number of hydrogen-bond donors (Lipinski definition) is 1. The van der Waals surface area contributed by atoms with E-state index in [0.717, 1.165) is 78.0 Å². The number of pyridine rings is 2. The molecule has 0 radical (unpaired) electrons. The maximum absolute atomic E-state index is 11.1. The third-order valence-electron chi connectivity index (χ3n) is 10.3. The number of benzene rings is 6. The zero-order valence-electron chi connectivity index (χ0n) is 30.5. The van der Waals surface area contributed by atoms with Crippen molar-refractivity contribution in [3.8, 4) is 72.2 Å². The quantitative estimate of drug-likeness (QED) is 0.169. The van der Waals surface area contributed by atoms with Gasteiger partial charge in [-0.05, 0) is 84.1 Å². The second-order valence-corrected chi connectivity index (χ2v) is 15.0. The van der Waals surface area contributed by atoms with Crippen LogP contribution in [0.25, 0.3) is 98.5 Å². The molecule has 0 fully saturated rings. The topological polar surface area (TPSA) is 59.2 Å². The number of rotatable bonds is 6. The fourth-order valence-corrected chi connectivity index (χ4v) is 8.80. The van der Waals surface area contributed by atoms with Crippen LogP contribution in [-0.2, 0) is 21.1 Å². The van der Waals surface area contributed by atoms with Gasteiger partial charge in [-0.2, -0.15) is 0 Å². The first kappa shape index (κ1) is 35.6. The summed E-state index contributed by atoms with van der Waals surface area (Å²) in [6.45, 7) is 3.96. The van der Waals surface area contributed by atoms with E-state index >= 15 is 0 Å². The average Bonchev–Trinajstić information content (AvgIpc) is 3.80. The van der Waals surface area contributed by atoms with E-state index in [9.17, 15) is 5.11 Å². The Bertz CT molecular complexity index is 3090. The fourth-order valence-electron chi connectivity index (χ4n) is 7.59. The summed E-state index contributed by atoms with van der Waals surface area (Å²) in [4.78, 5) is 11.3. The molecule has 0 bridgehead atoms. The molecule has 1 N–H and O–H groups in total. The Morgan fingerprint density at radius 3 is 2.05 bits per heavy atom. The van der Waals surface area contributed by atoms with E-state index in [1.54, 1.807) is 11.3 Å². The van der Waals surface area contributed by atoms with Crippen LogP contribution < -0.4 is 0 Å². The number of hydrogen-bond acceptors (Lipinski definition) is 5. The molecule has 0 spiro atoms. The molecule has 0 aliphatic rings. The van der Waals surface area contributed by atoms with Crippen molar-refractivity contribution in [2.24, 2.45) is 0 Å². The van der Waals surface area contributed by atoms with Crippen molar-refractivity contribution in [3.05, 3.63) is 175 Å². The van der Waals surface area contributed by atoms with Crippen molar-refractivity contribution in [2.45, 2.75) is 13.8 Å². The second kappa shape index (κ2) is 14.5. The number of phenolic OH excluding ortho intramolecular Hbond substituents is 1. The van der Waals surface area contributed by atoms with Crippen molar-refractivity contribution in [3.63, 3.8) is 0 Å². The summed E-state index contributed by atoms with van der Waals surface area (Å²) in [6, 6.07) is 57.7. The molecule has 0 saturated carbocycles. The van der Waals surface area contributed by atoms with Crippen LogP contribution in [0.15, 0.2) is 162 Å². The third-order valence-corrected chi connectivity index (χ3v) is 11.5. The maximum atomic E-state index is 11.1. The first-order valence-corrected chi connectivity index (χ1v) is 19.1. The molecule has 272 valence electrons. The van der Waals surface area contributed by atoms with Crippen LogP contribution >= 0.6 is 11.3 Å². The predicted octanol–water partition coefficient (Wildman–Crippen LogP) is 13.7. The van der Waals surface area contributed by atoms with E-state index in [1.165, 1.54) is 20.5 Å². The van der Waals surface area contributed by atoms with E-state index in [0.29, 0.717) is 11.3 Å². The van der Waals surface area contributed by atoms with Gasteiger partial charge in [0, 0.05) is 75.0 Å². The van der Waals surface area contributed by atoms with Crippen LogP contribution in [0.5, 0.6) is 5.75 Å².